The van der Waals surface area contributed by atoms with Crippen LogP contribution in [0.1, 0.15) is 58.4 Å². The van der Waals surface area contributed by atoms with Crippen LogP contribution in [0.5, 0.6) is 0 Å². The highest BCUT2D eigenvalue weighted by atomic mass is 35.5. The highest BCUT2D eigenvalue weighted by molar-refractivity contribution is 6.31. The minimum absolute atomic E-state index is 0.0487. The van der Waals surface area contributed by atoms with E-state index in [-0.39, 0.29) is 35.0 Å². The second-order valence-electron chi connectivity index (χ2n) is 9.47. The molecule has 2 aliphatic rings. The SMILES string of the molecule is CCC(C)(C)C1CCC2(CC1)NC(=O)N(CC(=O)N(C)Cc1c(F)cccc1Cl)C2=O. The van der Waals surface area contributed by atoms with Crippen LogP contribution in [0.2, 0.25) is 5.02 Å². The van der Waals surface area contributed by atoms with Crippen LogP contribution in [0.25, 0.3) is 0 Å². The van der Waals surface area contributed by atoms with E-state index in [4.69, 9.17) is 11.6 Å². The summed E-state index contributed by atoms with van der Waals surface area (Å²) in [6.45, 7) is 6.23. The number of hydrogen-bond acceptors (Lipinski definition) is 3. The lowest BCUT2D eigenvalue weighted by molar-refractivity contribution is -0.139. The number of nitrogens with one attached hydrogen (secondary N) is 1. The first-order valence-corrected chi connectivity index (χ1v) is 11.2. The average molecular weight is 452 g/mol. The molecular weight excluding hydrogens is 421 g/mol. The van der Waals surface area contributed by atoms with Crippen molar-refractivity contribution < 1.29 is 18.8 Å². The van der Waals surface area contributed by atoms with Crippen molar-refractivity contribution in [3.8, 4) is 0 Å². The van der Waals surface area contributed by atoms with E-state index < -0.39 is 23.3 Å². The van der Waals surface area contributed by atoms with Gasteiger partial charge in [0, 0.05) is 24.2 Å². The van der Waals surface area contributed by atoms with Gasteiger partial charge >= 0.3 is 6.03 Å². The van der Waals surface area contributed by atoms with E-state index in [0.717, 1.165) is 24.2 Å². The monoisotopic (exact) mass is 451 g/mol. The van der Waals surface area contributed by atoms with Crippen LogP contribution in [0.4, 0.5) is 9.18 Å². The minimum Gasteiger partial charge on any atom is -0.340 e. The van der Waals surface area contributed by atoms with Crippen molar-refractivity contribution >= 4 is 29.4 Å². The molecule has 1 spiro atoms. The van der Waals surface area contributed by atoms with E-state index in [1.54, 1.807) is 6.07 Å². The van der Waals surface area contributed by atoms with Crippen LogP contribution in [-0.2, 0) is 16.1 Å². The Hall–Kier alpha value is -2.15. The molecule has 1 aromatic rings. The third kappa shape index (κ3) is 4.56. The summed E-state index contributed by atoms with van der Waals surface area (Å²) >= 11 is 6.04. The number of imide groups is 1. The number of carbonyl (C=O) groups excluding carboxylic acids is 3. The summed E-state index contributed by atoms with van der Waals surface area (Å²) in [4.78, 5) is 40.7. The molecule has 0 bridgehead atoms. The van der Waals surface area contributed by atoms with Gasteiger partial charge in [-0.3, -0.25) is 14.5 Å². The van der Waals surface area contributed by atoms with E-state index in [9.17, 15) is 18.8 Å². The molecule has 0 atom stereocenters. The van der Waals surface area contributed by atoms with Crippen LogP contribution in [0.15, 0.2) is 18.2 Å². The first-order chi connectivity index (χ1) is 14.5. The molecule has 1 aliphatic heterocycles. The summed E-state index contributed by atoms with van der Waals surface area (Å²) in [5.74, 6) is -0.801. The number of nitrogens with zero attached hydrogens (tertiary/aromatic N) is 2. The van der Waals surface area contributed by atoms with Crippen molar-refractivity contribution in [2.24, 2.45) is 11.3 Å². The molecule has 1 aromatic carbocycles. The van der Waals surface area contributed by atoms with Crippen LogP contribution in [0, 0.1) is 17.2 Å². The molecule has 170 valence electrons. The zero-order valence-electron chi connectivity index (χ0n) is 18.6. The van der Waals surface area contributed by atoms with Gasteiger partial charge in [-0.05, 0) is 49.1 Å². The molecule has 2 fully saturated rings. The Balaban J connectivity index is 1.64. The number of halogens is 2. The van der Waals surface area contributed by atoms with Crippen molar-refractivity contribution in [1.82, 2.24) is 15.1 Å². The molecule has 0 radical (unpaired) electrons. The molecule has 31 heavy (non-hydrogen) atoms. The summed E-state index contributed by atoms with van der Waals surface area (Å²) in [6.07, 6.45) is 3.94. The zero-order valence-corrected chi connectivity index (χ0v) is 19.4. The first kappa shape index (κ1) is 23.5. The molecule has 4 amide bonds. The second-order valence-corrected chi connectivity index (χ2v) is 9.88. The number of amides is 4. The quantitative estimate of drug-likeness (QED) is 0.653. The molecule has 0 unspecified atom stereocenters. The Morgan fingerprint density at radius 3 is 2.55 bits per heavy atom. The minimum atomic E-state index is -0.912. The fraction of sp³-hybridized carbons (Fsp3) is 0.609. The predicted octanol–water partition coefficient (Wildman–Crippen LogP) is 4.35. The number of carbonyl (C=O) groups is 3. The molecule has 1 saturated carbocycles. The smallest absolute Gasteiger partial charge is 0.325 e. The molecule has 1 aliphatic carbocycles. The largest absolute Gasteiger partial charge is 0.340 e. The van der Waals surface area contributed by atoms with Crippen molar-refractivity contribution in [1.29, 1.82) is 0 Å². The van der Waals surface area contributed by atoms with Gasteiger partial charge in [-0.1, -0.05) is 44.9 Å². The molecule has 6 nitrogen and oxygen atoms in total. The van der Waals surface area contributed by atoms with Crippen LogP contribution in [-0.4, -0.2) is 46.8 Å². The maximum atomic E-state index is 14.0. The maximum Gasteiger partial charge on any atom is 0.325 e. The van der Waals surface area contributed by atoms with E-state index in [0.29, 0.717) is 18.8 Å². The summed E-state index contributed by atoms with van der Waals surface area (Å²) < 4.78 is 14.0. The van der Waals surface area contributed by atoms with E-state index in [2.05, 4.69) is 26.1 Å². The fourth-order valence-corrected chi connectivity index (χ4v) is 4.83. The summed E-state index contributed by atoms with van der Waals surface area (Å²) in [7, 11) is 1.50. The lowest BCUT2D eigenvalue weighted by Crippen LogP contribution is -2.51. The van der Waals surface area contributed by atoms with Gasteiger partial charge in [-0.15, -0.1) is 0 Å². The number of benzene rings is 1. The van der Waals surface area contributed by atoms with Gasteiger partial charge in [0.1, 0.15) is 17.9 Å². The van der Waals surface area contributed by atoms with E-state index in [1.807, 2.05) is 0 Å². The molecule has 1 saturated heterocycles. The van der Waals surface area contributed by atoms with Gasteiger partial charge in [-0.25, -0.2) is 9.18 Å². The van der Waals surface area contributed by atoms with Gasteiger partial charge in [0.05, 0.1) is 0 Å². The molecule has 1 heterocycles. The summed E-state index contributed by atoms with van der Waals surface area (Å²) in [5, 5.41) is 3.08. The van der Waals surface area contributed by atoms with Gasteiger partial charge in [0.15, 0.2) is 0 Å². The standard InChI is InChI=1S/C23H31ClFN3O3/c1-5-22(2,3)15-9-11-23(12-10-15)20(30)28(21(31)26-23)14-19(29)27(4)13-16-17(24)7-6-8-18(16)25/h6-8,15H,5,9-14H2,1-4H3,(H,26,31). The van der Waals surface area contributed by atoms with Crippen molar-refractivity contribution in [2.75, 3.05) is 13.6 Å². The van der Waals surface area contributed by atoms with E-state index >= 15 is 0 Å². The third-order valence-electron chi connectivity index (χ3n) is 7.28. The highest BCUT2D eigenvalue weighted by Crippen LogP contribution is 2.45. The Kier molecular flexibility index (Phi) is 6.65. The normalized spacial score (nSPS) is 23.9. The highest BCUT2D eigenvalue weighted by Gasteiger charge is 2.53. The lowest BCUT2D eigenvalue weighted by atomic mass is 9.65. The Morgan fingerprint density at radius 2 is 1.97 bits per heavy atom. The van der Waals surface area contributed by atoms with Crippen LogP contribution >= 0.6 is 11.6 Å². The molecular formula is C23H31ClFN3O3. The van der Waals surface area contributed by atoms with Gasteiger partial charge in [0.25, 0.3) is 5.91 Å². The number of urea groups is 1. The maximum absolute atomic E-state index is 14.0. The van der Waals surface area contributed by atoms with Crippen molar-refractivity contribution in [3.05, 3.63) is 34.6 Å². The third-order valence-corrected chi connectivity index (χ3v) is 7.63. The number of likely N-dealkylation sites (N-methyl/N-ethyl adjacent to an activating group) is 1. The zero-order chi connectivity index (χ0) is 23.0. The lowest BCUT2D eigenvalue weighted by Gasteiger charge is -2.42. The van der Waals surface area contributed by atoms with Crippen LogP contribution in [0.3, 0.4) is 0 Å². The number of rotatable bonds is 6. The topological polar surface area (TPSA) is 69.7 Å². The van der Waals surface area contributed by atoms with Gasteiger partial charge in [-0.2, -0.15) is 0 Å². The average Bonchev–Trinajstić information content (AvgIpc) is 2.95. The number of hydrogen-bond donors (Lipinski definition) is 1. The molecule has 0 aromatic heterocycles. The van der Waals surface area contributed by atoms with E-state index in [1.165, 1.54) is 24.1 Å². The van der Waals surface area contributed by atoms with Gasteiger partial charge in [0.2, 0.25) is 5.91 Å². The van der Waals surface area contributed by atoms with Crippen molar-refractivity contribution in [2.45, 2.75) is 65.0 Å². The molecule has 1 N–H and O–H groups in total. The van der Waals surface area contributed by atoms with Gasteiger partial charge < -0.3 is 10.2 Å². The first-order valence-electron chi connectivity index (χ1n) is 10.8. The summed E-state index contributed by atoms with van der Waals surface area (Å²) in [6, 6.07) is 3.78. The predicted molar refractivity (Wildman–Crippen MR) is 117 cm³/mol. The Bertz CT molecular complexity index is 861. The van der Waals surface area contributed by atoms with Crippen LogP contribution < -0.4 is 5.32 Å². The second kappa shape index (κ2) is 8.77. The fourth-order valence-electron chi connectivity index (χ4n) is 4.60. The molecule has 3 rings (SSSR count). The Labute approximate surface area is 188 Å². The Morgan fingerprint density at radius 1 is 1.32 bits per heavy atom. The van der Waals surface area contributed by atoms with Crippen molar-refractivity contribution in [3.63, 3.8) is 0 Å². The molecule has 8 heteroatoms. The summed E-state index contributed by atoms with van der Waals surface area (Å²) in [5.41, 5.74) is -0.518.